The van der Waals surface area contributed by atoms with Crippen LogP contribution in [0.4, 0.5) is 5.69 Å². The van der Waals surface area contributed by atoms with Gasteiger partial charge >= 0.3 is 0 Å². The van der Waals surface area contributed by atoms with Gasteiger partial charge in [-0.3, -0.25) is 20.3 Å². The molecule has 1 N–H and O–H groups in total. The molecule has 1 aromatic heterocycles. The number of nitrogens with zero attached hydrogens (tertiary/aromatic N) is 3. The first-order valence-electron chi connectivity index (χ1n) is 5.56. The van der Waals surface area contributed by atoms with Crippen LogP contribution < -0.4 is 5.43 Å². The first-order chi connectivity index (χ1) is 8.97. The molecule has 2 rings (SSSR count). The summed E-state index contributed by atoms with van der Waals surface area (Å²) >= 11 is 0. The molecular formula is C12H12N4O3. The predicted octanol–water partition coefficient (Wildman–Crippen LogP) is 1.86. The average Bonchev–Trinajstić information content (AvgIpc) is 2.70. The Kier molecular flexibility index (Phi) is 3.28. The van der Waals surface area contributed by atoms with Crippen molar-refractivity contribution in [3.8, 4) is 11.3 Å². The lowest BCUT2D eigenvalue weighted by Gasteiger charge is -2.02. The molecule has 0 aliphatic heterocycles. The molecule has 0 fully saturated rings. The Morgan fingerprint density at radius 1 is 1.37 bits per heavy atom. The molecule has 0 radical (unpaired) electrons. The molecule has 0 spiro atoms. The number of amides is 1. The summed E-state index contributed by atoms with van der Waals surface area (Å²) in [7, 11) is 0. The van der Waals surface area contributed by atoms with E-state index in [0.29, 0.717) is 11.5 Å². The molecule has 19 heavy (non-hydrogen) atoms. The molecule has 1 amide bonds. The Balaban J connectivity index is 2.31. The number of imidazole rings is 1. The van der Waals surface area contributed by atoms with Gasteiger partial charge in [-0.05, 0) is 19.1 Å². The summed E-state index contributed by atoms with van der Waals surface area (Å²) in [4.78, 5) is 25.4. The van der Waals surface area contributed by atoms with E-state index in [-0.39, 0.29) is 11.6 Å². The molecule has 1 aromatic carbocycles. The number of rotatable bonds is 3. The largest absolute Gasteiger partial charge is 0.274 e. The zero-order valence-electron chi connectivity index (χ0n) is 10.5. The van der Waals surface area contributed by atoms with E-state index in [0.717, 1.165) is 5.56 Å². The van der Waals surface area contributed by atoms with E-state index in [9.17, 15) is 14.9 Å². The number of aryl methyl sites for hydroxylation is 1. The Morgan fingerprint density at radius 3 is 2.53 bits per heavy atom. The highest BCUT2D eigenvalue weighted by atomic mass is 16.6. The molecule has 0 unspecified atom stereocenters. The molecule has 0 bridgehead atoms. The highest BCUT2D eigenvalue weighted by Crippen LogP contribution is 2.21. The Hall–Kier alpha value is -2.70. The molecule has 0 saturated carbocycles. The van der Waals surface area contributed by atoms with E-state index in [1.807, 2.05) is 0 Å². The van der Waals surface area contributed by atoms with Gasteiger partial charge in [0.2, 0.25) is 5.91 Å². The Labute approximate surface area is 109 Å². The second-order valence-corrected chi connectivity index (χ2v) is 4.02. The summed E-state index contributed by atoms with van der Waals surface area (Å²) in [5.74, 6) is 0.430. The van der Waals surface area contributed by atoms with Gasteiger partial charge in [-0.25, -0.2) is 9.66 Å². The molecular weight excluding hydrogens is 248 g/mol. The highest BCUT2D eigenvalue weighted by molar-refractivity contribution is 5.81. The summed E-state index contributed by atoms with van der Waals surface area (Å²) in [6, 6.07) is 6.08. The second-order valence-electron chi connectivity index (χ2n) is 4.02. The fourth-order valence-corrected chi connectivity index (χ4v) is 1.65. The van der Waals surface area contributed by atoms with Gasteiger partial charge in [-0.2, -0.15) is 0 Å². The monoisotopic (exact) mass is 260 g/mol. The van der Waals surface area contributed by atoms with Gasteiger partial charge in [0.25, 0.3) is 5.69 Å². The molecule has 7 heteroatoms. The smallest absolute Gasteiger partial charge is 0.269 e. The summed E-state index contributed by atoms with van der Waals surface area (Å²) in [6.07, 6.45) is 1.66. The normalized spacial score (nSPS) is 10.2. The van der Waals surface area contributed by atoms with Crippen LogP contribution in [0.5, 0.6) is 0 Å². The van der Waals surface area contributed by atoms with Gasteiger partial charge in [-0.1, -0.05) is 0 Å². The van der Waals surface area contributed by atoms with Crippen LogP contribution in [0.2, 0.25) is 0 Å². The maximum atomic E-state index is 11.0. The molecule has 1 heterocycles. The zero-order chi connectivity index (χ0) is 14.0. The standard InChI is InChI=1S/C12H12N4O3/c1-8-13-12(7-15(8)14-9(2)17)10-3-5-11(6-4-10)16(18)19/h3-7H,1-2H3,(H,14,17). The molecule has 0 aliphatic carbocycles. The molecule has 7 nitrogen and oxygen atoms in total. The maximum absolute atomic E-state index is 11.0. The lowest BCUT2D eigenvalue weighted by molar-refractivity contribution is -0.384. The van der Waals surface area contributed by atoms with E-state index in [1.54, 1.807) is 25.3 Å². The van der Waals surface area contributed by atoms with E-state index in [1.165, 1.54) is 23.7 Å². The zero-order valence-corrected chi connectivity index (χ0v) is 10.5. The van der Waals surface area contributed by atoms with Crippen molar-refractivity contribution in [2.45, 2.75) is 13.8 Å². The third-order valence-corrected chi connectivity index (χ3v) is 2.53. The van der Waals surface area contributed by atoms with Gasteiger partial charge in [0.15, 0.2) is 0 Å². The van der Waals surface area contributed by atoms with Gasteiger partial charge < -0.3 is 0 Å². The molecule has 0 saturated heterocycles. The second kappa shape index (κ2) is 4.89. The van der Waals surface area contributed by atoms with Crippen LogP contribution in [-0.2, 0) is 4.79 Å². The van der Waals surface area contributed by atoms with Crippen LogP contribution in [0.1, 0.15) is 12.7 Å². The quantitative estimate of drug-likeness (QED) is 0.673. The maximum Gasteiger partial charge on any atom is 0.269 e. The number of carbonyl (C=O) groups is 1. The van der Waals surface area contributed by atoms with Crippen molar-refractivity contribution in [2.24, 2.45) is 0 Å². The fraction of sp³-hybridized carbons (Fsp3) is 0.167. The predicted molar refractivity (Wildman–Crippen MR) is 69.1 cm³/mol. The van der Waals surface area contributed by atoms with Crippen molar-refractivity contribution in [3.63, 3.8) is 0 Å². The SMILES string of the molecule is CC(=O)Nn1cc(-c2ccc([N+](=O)[O-])cc2)nc1C. The number of benzene rings is 1. The van der Waals surface area contributed by atoms with Gasteiger partial charge in [0.05, 0.1) is 16.8 Å². The van der Waals surface area contributed by atoms with Gasteiger partial charge in [0, 0.05) is 24.6 Å². The van der Waals surface area contributed by atoms with Crippen molar-refractivity contribution in [1.82, 2.24) is 9.66 Å². The summed E-state index contributed by atoms with van der Waals surface area (Å²) < 4.78 is 1.51. The van der Waals surface area contributed by atoms with E-state index in [2.05, 4.69) is 10.4 Å². The minimum atomic E-state index is -0.453. The number of nitro groups is 1. The third-order valence-electron chi connectivity index (χ3n) is 2.53. The van der Waals surface area contributed by atoms with Crippen molar-refractivity contribution >= 4 is 11.6 Å². The van der Waals surface area contributed by atoms with E-state index < -0.39 is 4.92 Å². The molecule has 98 valence electrons. The number of non-ortho nitro benzene ring substituents is 1. The van der Waals surface area contributed by atoms with Crippen molar-refractivity contribution in [1.29, 1.82) is 0 Å². The number of aromatic nitrogens is 2. The first-order valence-corrected chi connectivity index (χ1v) is 5.56. The van der Waals surface area contributed by atoms with Crippen LogP contribution >= 0.6 is 0 Å². The van der Waals surface area contributed by atoms with Gasteiger partial charge in [-0.15, -0.1) is 0 Å². The van der Waals surface area contributed by atoms with Crippen molar-refractivity contribution in [3.05, 3.63) is 46.4 Å². The summed E-state index contributed by atoms with van der Waals surface area (Å²) in [6.45, 7) is 3.16. The number of nitrogens with one attached hydrogen (secondary N) is 1. The van der Waals surface area contributed by atoms with Crippen LogP contribution in [0.25, 0.3) is 11.3 Å². The van der Waals surface area contributed by atoms with E-state index in [4.69, 9.17) is 0 Å². The molecule has 0 atom stereocenters. The number of hydrogen-bond donors (Lipinski definition) is 1. The Bertz CT molecular complexity index is 631. The van der Waals surface area contributed by atoms with Crippen molar-refractivity contribution < 1.29 is 9.72 Å². The minimum Gasteiger partial charge on any atom is -0.274 e. The van der Waals surface area contributed by atoms with Crippen LogP contribution in [0.3, 0.4) is 0 Å². The van der Waals surface area contributed by atoms with Crippen LogP contribution in [-0.4, -0.2) is 20.5 Å². The lowest BCUT2D eigenvalue weighted by Crippen LogP contribution is -2.19. The van der Waals surface area contributed by atoms with Gasteiger partial charge in [0.1, 0.15) is 5.82 Å². The summed E-state index contributed by atoms with van der Waals surface area (Å²) in [5.41, 5.74) is 4.02. The number of nitro benzene ring substituents is 1. The van der Waals surface area contributed by atoms with Crippen molar-refractivity contribution in [2.75, 3.05) is 5.43 Å². The Morgan fingerprint density at radius 2 is 2.00 bits per heavy atom. The minimum absolute atomic E-state index is 0.0294. The number of hydrogen-bond acceptors (Lipinski definition) is 4. The summed E-state index contributed by atoms with van der Waals surface area (Å²) in [5, 5.41) is 10.6. The average molecular weight is 260 g/mol. The lowest BCUT2D eigenvalue weighted by atomic mass is 10.1. The molecule has 2 aromatic rings. The third kappa shape index (κ3) is 2.76. The first kappa shape index (κ1) is 12.7. The van der Waals surface area contributed by atoms with E-state index >= 15 is 0 Å². The van der Waals surface area contributed by atoms with Crippen LogP contribution in [0, 0.1) is 17.0 Å². The van der Waals surface area contributed by atoms with Crippen LogP contribution in [0.15, 0.2) is 30.5 Å². The topological polar surface area (TPSA) is 90.1 Å². The number of carbonyl (C=O) groups excluding carboxylic acids is 1. The highest BCUT2D eigenvalue weighted by Gasteiger charge is 2.09. The molecule has 0 aliphatic rings. The fourth-order valence-electron chi connectivity index (χ4n) is 1.65.